The number of rotatable bonds is 5. The first-order chi connectivity index (χ1) is 8.21. The average molecular weight is 238 g/mol. The van der Waals surface area contributed by atoms with Gasteiger partial charge in [-0.2, -0.15) is 5.10 Å². The summed E-state index contributed by atoms with van der Waals surface area (Å²) < 4.78 is 7.88. The third-order valence-electron chi connectivity index (χ3n) is 3.51. The minimum absolute atomic E-state index is 0.000880. The molecular formula is C12H22N4O. The summed E-state index contributed by atoms with van der Waals surface area (Å²) in [7, 11) is 0. The minimum atomic E-state index is -0.222. The third-order valence-corrected chi connectivity index (χ3v) is 3.51. The lowest BCUT2D eigenvalue weighted by molar-refractivity contribution is -0.0149. The van der Waals surface area contributed by atoms with E-state index in [4.69, 9.17) is 10.6 Å². The lowest BCUT2D eigenvalue weighted by Gasteiger charge is -2.33. The number of hydrazine groups is 1. The SMILES string of the molecule is CCCn1nccc1C(NN)C1(C)CCCO1. The molecule has 2 unspecified atom stereocenters. The zero-order valence-corrected chi connectivity index (χ0v) is 10.6. The van der Waals surface area contributed by atoms with Crippen molar-refractivity contribution in [2.45, 2.75) is 51.3 Å². The van der Waals surface area contributed by atoms with Crippen LogP contribution in [0, 0.1) is 0 Å². The lowest BCUT2D eigenvalue weighted by Crippen LogP contribution is -2.45. The first-order valence-electron chi connectivity index (χ1n) is 6.33. The number of ether oxygens (including phenoxy) is 1. The van der Waals surface area contributed by atoms with E-state index in [9.17, 15) is 0 Å². The summed E-state index contributed by atoms with van der Waals surface area (Å²) in [5.41, 5.74) is 3.79. The predicted octanol–water partition coefficient (Wildman–Crippen LogP) is 1.37. The normalized spacial score (nSPS) is 26.3. The number of aryl methyl sites for hydroxylation is 1. The minimum Gasteiger partial charge on any atom is -0.373 e. The molecule has 2 heterocycles. The van der Waals surface area contributed by atoms with E-state index in [1.54, 1.807) is 0 Å². The van der Waals surface area contributed by atoms with Crippen molar-refractivity contribution >= 4 is 0 Å². The van der Waals surface area contributed by atoms with Gasteiger partial charge in [0.1, 0.15) is 0 Å². The Balaban J connectivity index is 2.25. The molecule has 5 heteroatoms. The van der Waals surface area contributed by atoms with E-state index in [1.807, 2.05) is 16.9 Å². The predicted molar refractivity (Wildman–Crippen MR) is 66.2 cm³/mol. The molecule has 1 aromatic heterocycles. The van der Waals surface area contributed by atoms with Crippen LogP contribution in [0.5, 0.6) is 0 Å². The van der Waals surface area contributed by atoms with Crippen molar-refractivity contribution in [3.63, 3.8) is 0 Å². The molecule has 1 fully saturated rings. The van der Waals surface area contributed by atoms with Gasteiger partial charge in [-0.3, -0.25) is 10.5 Å². The van der Waals surface area contributed by atoms with Crippen LogP contribution in [0.2, 0.25) is 0 Å². The van der Waals surface area contributed by atoms with E-state index in [0.29, 0.717) is 0 Å². The van der Waals surface area contributed by atoms with Crippen LogP contribution in [0.4, 0.5) is 0 Å². The van der Waals surface area contributed by atoms with Crippen molar-refractivity contribution in [2.24, 2.45) is 5.84 Å². The van der Waals surface area contributed by atoms with Gasteiger partial charge in [0.2, 0.25) is 0 Å². The molecule has 1 aliphatic heterocycles. The molecular weight excluding hydrogens is 216 g/mol. The quantitative estimate of drug-likeness (QED) is 0.600. The summed E-state index contributed by atoms with van der Waals surface area (Å²) in [6, 6.07) is 2.02. The average Bonchev–Trinajstić information content (AvgIpc) is 2.91. The summed E-state index contributed by atoms with van der Waals surface area (Å²) in [4.78, 5) is 0. The molecule has 0 spiro atoms. The first kappa shape index (κ1) is 12.5. The van der Waals surface area contributed by atoms with Gasteiger partial charge in [0, 0.05) is 19.3 Å². The fraction of sp³-hybridized carbons (Fsp3) is 0.750. The highest BCUT2D eigenvalue weighted by atomic mass is 16.5. The van der Waals surface area contributed by atoms with Crippen LogP contribution in [0.3, 0.4) is 0 Å². The fourth-order valence-corrected chi connectivity index (χ4v) is 2.59. The Bertz CT molecular complexity index is 357. The number of aromatic nitrogens is 2. The van der Waals surface area contributed by atoms with Gasteiger partial charge in [0.25, 0.3) is 0 Å². The highest BCUT2D eigenvalue weighted by Gasteiger charge is 2.40. The smallest absolute Gasteiger partial charge is 0.0915 e. The van der Waals surface area contributed by atoms with Crippen molar-refractivity contribution in [3.05, 3.63) is 18.0 Å². The molecule has 0 saturated carbocycles. The highest BCUT2D eigenvalue weighted by molar-refractivity contribution is 5.13. The number of hydrogen-bond acceptors (Lipinski definition) is 4. The van der Waals surface area contributed by atoms with Gasteiger partial charge in [0.05, 0.1) is 17.3 Å². The van der Waals surface area contributed by atoms with Crippen LogP contribution in [0.15, 0.2) is 12.3 Å². The second kappa shape index (κ2) is 5.16. The molecule has 5 nitrogen and oxygen atoms in total. The van der Waals surface area contributed by atoms with Crippen LogP contribution in [0.1, 0.15) is 44.8 Å². The van der Waals surface area contributed by atoms with Crippen LogP contribution < -0.4 is 11.3 Å². The lowest BCUT2D eigenvalue weighted by atomic mass is 9.91. The largest absolute Gasteiger partial charge is 0.373 e. The third kappa shape index (κ3) is 2.36. The highest BCUT2D eigenvalue weighted by Crippen LogP contribution is 2.36. The Kier molecular flexibility index (Phi) is 3.81. The van der Waals surface area contributed by atoms with Gasteiger partial charge in [-0.15, -0.1) is 0 Å². The molecule has 2 atom stereocenters. The summed E-state index contributed by atoms with van der Waals surface area (Å²) in [5.74, 6) is 5.72. The summed E-state index contributed by atoms with van der Waals surface area (Å²) in [5, 5.41) is 4.34. The van der Waals surface area contributed by atoms with E-state index in [1.165, 1.54) is 0 Å². The zero-order valence-electron chi connectivity index (χ0n) is 10.6. The molecule has 1 aliphatic rings. The molecule has 96 valence electrons. The Labute approximate surface area is 102 Å². The van der Waals surface area contributed by atoms with E-state index in [2.05, 4.69) is 24.4 Å². The first-order valence-corrected chi connectivity index (χ1v) is 6.33. The standard InChI is InChI=1S/C12H22N4O/c1-3-8-16-10(5-7-14-16)11(15-13)12(2)6-4-9-17-12/h5,7,11,15H,3-4,6,8-9,13H2,1-2H3. The summed E-state index contributed by atoms with van der Waals surface area (Å²) in [6.07, 6.45) is 5.01. The monoisotopic (exact) mass is 238 g/mol. The molecule has 0 aromatic carbocycles. The van der Waals surface area contributed by atoms with E-state index in [-0.39, 0.29) is 11.6 Å². The molecule has 0 aliphatic carbocycles. The molecule has 2 rings (SSSR count). The Morgan fingerprint density at radius 2 is 2.53 bits per heavy atom. The Morgan fingerprint density at radius 3 is 3.12 bits per heavy atom. The maximum atomic E-state index is 5.87. The number of hydrogen-bond donors (Lipinski definition) is 2. The van der Waals surface area contributed by atoms with Crippen molar-refractivity contribution in [1.29, 1.82) is 0 Å². The molecule has 17 heavy (non-hydrogen) atoms. The fourth-order valence-electron chi connectivity index (χ4n) is 2.59. The maximum Gasteiger partial charge on any atom is 0.0915 e. The molecule has 0 amide bonds. The van der Waals surface area contributed by atoms with Gasteiger partial charge in [-0.1, -0.05) is 6.92 Å². The van der Waals surface area contributed by atoms with Crippen molar-refractivity contribution in [3.8, 4) is 0 Å². The van der Waals surface area contributed by atoms with E-state index >= 15 is 0 Å². The molecule has 1 aromatic rings. The topological polar surface area (TPSA) is 65.1 Å². The number of nitrogens with zero attached hydrogens (tertiary/aromatic N) is 2. The number of nitrogens with two attached hydrogens (primary N) is 1. The van der Waals surface area contributed by atoms with Gasteiger partial charge in [-0.25, -0.2) is 5.43 Å². The van der Waals surface area contributed by atoms with Crippen molar-refractivity contribution < 1.29 is 4.74 Å². The molecule has 0 bridgehead atoms. The molecule has 1 saturated heterocycles. The van der Waals surface area contributed by atoms with E-state index in [0.717, 1.165) is 38.1 Å². The van der Waals surface area contributed by atoms with Crippen molar-refractivity contribution in [1.82, 2.24) is 15.2 Å². The van der Waals surface area contributed by atoms with Crippen LogP contribution >= 0.6 is 0 Å². The van der Waals surface area contributed by atoms with E-state index < -0.39 is 0 Å². The second-order valence-corrected chi connectivity index (χ2v) is 4.84. The van der Waals surface area contributed by atoms with Crippen LogP contribution in [-0.2, 0) is 11.3 Å². The second-order valence-electron chi connectivity index (χ2n) is 4.84. The van der Waals surface area contributed by atoms with Gasteiger partial charge < -0.3 is 4.74 Å². The summed E-state index contributed by atoms with van der Waals surface area (Å²) in [6.45, 7) is 5.99. The van der Waals surface area contributed by atoms with Gasteiger partial charge in [-0.05, 0) is 32.3 Å². The van der Waals surface area contributed by atoms with Crippen LogP contribution in [0.25, 0.3) is 0 Å². The number of nitrogens with one attached hydrogen (secondary N) is 1. The Morgan fingerprint density at radius 1 is 1.71 bits per heavy atom. The van der Waals surface area contributed by atoms with Gasteiger partial charge >= 0.3 is 0 Å². The zero-order chi connectivity index (χ0) is 12.3. The Hall–Kier alpha value is -0.910. The summed E-state index contributed by atoms with van der Waals surface area (Å²) >= 11 is 0. The van der Waals surface area contributed by atoms with Crippen molar-refractivity contribution in [2.75, 3.05) is 6.61 Å². The molecule has 3 N–H and O–H groups in total. The van der Waals surface area contributed by atoms with Gasteiger partial charge in [0.15, 0.2) is 0 Å². The molecule has 0 radical (unpaired) electrons. The van der Waals surface area contributed by atoms with Crippen LogP contribution in [-0.4, -0.2) is 22.0 Å². The maximum absolute atomic E-state index is 5.87.